The maximum atomic E-state index is 15.5. The van der Waals surface area contributed by atoms with E-state index < -0.39 is 53.3 Å². The summed E-state index contributed by atoms with van der Waals surface area (Å²) in [5, 5.41) is 17.7. The highest BCUT2D eigenvalue weighted by molar-refractivity contribution is 6.04. The third kappa shape index (κ3) is 10.5. The quantitative estimate of drug-likeness (QED) is 0.168. The van der Waals surface area contributed by atoms with Crippen LogP contribution in [-0.2, 0) is 30.3 Å². The van der Waals surface area contributed by atoms with Crippen LogP contribution in [0.4, 0.5) is 0 Å². The van der Waals surface area contributed by atoms with Gasteiger partial charge in [-0.1, -0.05) is 90.1 Å². The number of imide groups is 1. The first kappa shape index (κ1) is 42.5. The molecule has 12 heteroatoms. The number of rotatable bonds is 17. The number of carbonyl (C=O) groups excluding carboxylic acids is 5. The van der Waals surface area contributed by atoms with E-state index in [0.717, 1.165) is 42.6 Å². The van der Waals surface area contributed by atoms with E-state index >= 15 is 4.79 Å². The maximum Gasteiger partial charge on any atom is 0.337 e. The Morgan fingerprint density at radius 3 is 2.30 bits per heavy atom. The van der Waals surface area contributed by atoms with Crippen molar-refractivity contribution in [1.29, 1.82) is 0 Å². The first-order valence-electron chi connectivity index (χ1n) is 19.4. The summed E-state index contributed by atoms with van der Waals surface area (Å²) in [4.78, 5) is 71.0. The topological polar surface area (TPSA) is 177 Å². The van der Waals surface area contributed by atoms with Gasteiger partial charge in [-0.2, -0.15) is 0 Å². The van der Waals surface area contributed by atoms with E-state index in [1.165, 1.54) is 14.0 Å². The Morgan fingerprint density at radius 2 is 1.69 bits per heavy atom. The van der Waals surface area contributed by atoms with Gasteiger partial charge in [-0.3, -0.25) is 24.1 Å². The number of nitrogens with one attached hydrogen (secondary N) is 2. The molecule has 4 amide bonds. The number of aliphatic hydroxyl groups is 1. The Kier molecular flexibility index (Phi) is 15.2. The summed E-state index contributed by atoms with van der Waals surface area (Å²) < 4.78 is 11.1. The van der Waals surface area contributed by atoms with Crippen LogP contribution in [0.2, 0.25) is 0 Å². The number of fused-ring (bicyclic) bond motifs is 1. The number of nitrogens with two attached hydrogens (primary N) is 1. The van der Waals surface area contributed by atoms with E-state index in [1.54, 1.807) is 18.2 Å². The van der Waals surface area contributed by atoms with Crippen molar-refractivity contribution in [3.05, 3.63) is 65.2 Å². The lowest BCUT2D eigenvalue weighted by Crippen LogP contribution is -2.69. The Labute approximate surface area is 319 Å². The number of ether oxygens (including phenoxy) is 2. The molecule has 1 fully saturated rings. The second-order valence-corrected chi connectivity index (χ2v) is 15.9. The average Bonchev–Trinajstić information content (AvgIpc) is 3.57. The van der Waals surface area contributed by atoms with Gasteiger partial charge >= 0.3 is 5.97 Å². The van der Waals surface area contributed by atoms with Gasteiger partial charge in [0.1, 0.15) is 11.3 Å². The van der Waals surface area contributed by atoms with Crippen LogP contribution >= 0.6 is 0 Å². The molecule has 0 spiro atoms. The molecule has 2 aromatic carbocycles. The van der Waals surface area contributed by atoms with Gasteiger partial charge in [0.2, 0.25) is 23.6 Å². The fourth-order valence-electron chi connectivity index (χ4n) is 8.08. The molecular weight excluding hydrogens is 688 g/mol. The van der Waals surface area contributed by atoms with Gasteiger partial charge in [0.15, 0.2) is 0 Å². The number of methoxy groups -OCH3 is 1. The summed E-state index contributed by atoms with van der Waals surface area (Å²) in [6, 6.07) is 11.9. The fraction of sp³-hybridized carbons (Fsp3) is 0.595. The molecule has 0 bridgehead atoms. The van der Waals surface area contributed by atoms with E-state index in [4.69, 9.17) is 15.2 Å². The Bertz CT molecular complexity index is 1610. The Balaban J connectivity index is 1.86. The molecule has 1 saturated carbocycles. The normalized spacial score (nSPS) is 18.4. The molecule has 1 unspecified atom stereocenters. The zero-order valence-corrected chi connectivity index (χ0v) is 32.8. The van der Waals surface area contributed by atoms with E-state index in [9.17, 15) is 24.3 Å². The molecule has 12 nitrogen and oxygen atoms in total. The largest absolute Gasteiger partial charge is 0.493 e. The van der Waals surface area contributed by atoms with Crippen LogP contribution in [0.1, 0.15) is 113 Å². The third-order valence-corrected chi connectivity index (χ3v) is 10.6. The molecule has 2 aromatic rings. The van der Waals surface area contributed by atoms with Crippen LogP contribution < -0.4 is 21.1 Å². The zero-order valence-electron chi connectivity index (χ0n) is 32.8. The highest BCUT2D eigenvalue weighted by Crippen LogP contribution is 2.47. The van der Waals surface area contributed by atoms with Gasteiger partial charge < -0.3 is 30.9 Å². The van der Waals surface area contributed by atoms with Crippen LogP contribution in [0.25, 0.3) is 0 Å². The smallest absolute Gasteiger partial charge is 0.337 e. The summed E-state index contributed by atoms with van der Waals surface area (Å²) in [6.45, 7) is 9.33. The highest BCUT2D eigenvalue weighted by Gasteiger charge is 2.58. The lowest BCUT2D eigenvalue weighted by molar-refractivity contribution is -0.162. The van der Waals surface area contributed by atoms with Crippen LogP contribution in [-0.4, -0.2) is 83.6 Å². The molecule has 0 radical (unpaired) electrons. The minimum atomic E-state index is -1.92. The number of aliphatic hydroxyl groups excluding tert-OH is 1. The molecular formula is C42H60N4O8. The molecule has 296 valence electrons. The van der Waals surface area contributed by atoms with E-state index in [-0.39, 0.29) is 55.1 Å². The maximum absolute atomic E-state index is 15.5. The van der Waals surface area contributed by atoms with Crippen molar-refractivity contribution in [2.24, 2.45) is 23.5 Å². The number of benzene rings is 2. The number of nitrogens with zero attached hydrogens (tertiary/aromatic N) is 1. The number of hydrogen-bond acceptors (Lipinski definition) is 9. The van der Waals surface area contributed by atoms with Crippen molar-refractivity contribution < 1.29 is 38.6 Å². The second-order valence-electron chi connectivity index (χ2n) is 15.9. The molecule has 5 atom stereocenters. The van der Waals surface area contributed by atoms with Gasteiger partial charge in [-0.25, -0.2) is 4.79 Å². The number of esters is 1. The summed E-state index contributed by atoms with van der Waals surface area (Å²) in [5.74, 6) is -3.40. The predicted octanol–water partition coefficient (Wildman–Crippen LogP) is 4.66. The van der Waals surface area contributed by atoms with Gasteiger partial charge in [0.25, 0.3) is 0 Å². The average molecular weight is 749 g/mol. The van der Waals surface area contributed by atoms with Crippen molar-refractivity contribution in [3.8, 4) is 5.75 Å². The van der Waals surface area contributed by atoms with Crippen molar-refractivity contribution >= 4 is 29.6 Å². The lowest BCUT2D eigenvalue weighted by atomic mass is 9.72. The third-order valence-electron chi connectivity index (χ3n) is 10.6. The number of carbonyl (C=O) groups is 5. The minimum absolute atomic E-state index is 0.0131. The monoisotopic (exact) mass is 748 g/mol. The molecule has 4 rings (SSSR count). The second kappa shape index (κ2) is 19.3. The van der Waals surface area contributed by atoms with Crippen LogP contribution in [0.5, 0.6) is 5.75 Å². The van der Waals surface area contributed by atoms with Gasteiger partial charge in [-0.15, -0.1) is 0 Å². The van der Waals surface area contributed by atoms with Gasteiger partial charge in [-0.05, 0) is 60.8 Å². The van der Waals surface area contributed by atoms with E-state index in [2.05, 4.69) is 10.6 Å². The molecule has 0 aromatic heterocycles. The zero-order chi connectivity index (χ0) is 39.6. The summed E-state index contributed by atoms with van der Waals surface area (Å²) in [5.41, 5.74) is 6.15. The lowest BCUT2D eigenvalue weighted by Gasteiger charge is -2.47. The standard InChI is InChI=1S/C42H60N4O8/c1-26(2)23-42(33-25-54-37-18-17-31(21-32(33)37)40(51)53-6,46(28(5)47)39(50)34(43)19-29-13-9-7-10-14-29)41(52)45-35(20-30-15-11-8-12-16-30)36(48)22-38(49)44-24-27(3)4/h7,9-10,13-14,17-18,21,26-27,30,33-36,48H,8,11-12,15-16,19-20,22-25,43H2,1-6H3,(H,44,49)(H,45,52)/t33?,34-,35-,36-,42-/m0/s1. The molecule has 0 saturated heterocycles. The molecule has 1 aliphatic heterocycles. The van der Waals surface area contributed by atoms with Crippen molar-refractivity contribution in [2.45, 2.75) is 122 Å². The fourth-order valence-corrected chi connectivity index (χ4v) is 8.08. The van der Waals surface area contributed by atoms with Crippen molar-refractivity contribution in [1.82, 2.24) is 15.5 Å². The molecule has 1 aliphatic carbocycles. The molecule has 2 aliphatic rings. The van der Waals surface area contributed by atoms with Crippen molar-refractivity contribution in [3.63, 3.8) is 0 Å². The van der Waals surface area contributed by atoms with Crippen LogP contribution in [0.3, 0.4) is 0 Å². The first-order chi connectivity index (χ1) is 25.7. The summed E-state index contributed by atoms with van der Waals surface area (Å²) in [6.07, 6.45) is 4.05. The van der Waals surface area contributed by atoms with Gasteiger partial charge in [0.05, 0.1) is 49.8 Å². The summed E-state index contributed by atoms with van der Waals surface area (Å²) >= 11 is 0. The van der Waals surface area contributed by atoms with E-state index in [1.807, 2.05) is 58.0 Å². The summed E-state index contributed by atoms with van der Waals surface area (Å²) in [7, 11) is 1.27. The number of amides is 4. The highest BCUT2D eigenvalue weighted by atomic mass is 16.5. The molecule has 54 heavy (non-hydrogen) atoms. The SMILES string of the molecule is COC(=O)c1ccc2c(c1)C([C@@](CC(C)C)(C(=O)N[C@@H](CC1CCCCC1)[C@@H](O)CC(=O)NCC(C)C)N(C(C)=O)C(=O)[C@@H](N)Cc1ccccc1)CO2. The van der Waals surface area contributed by atoms with Crippen LogP contribution in [0.15, 0.2) is 48.5 Å². The van der Waals surface area contributed by atoms with Crippen molar-refractivity contribution in [2.75, 3.05) is 20.3 Å². The van der Waals surface area contributed by atoms with E-state index in [0.29, 0.717) is 24.3 Å². The minimum Gasteiger partial charge on any atom is -0.493 e. The predicted molar refractivity (Wildman–Crippen MR) is 205 cm³/mol. The number of hydrogen-bond donors (Lipinski definition) is 4. The Hall–Kier alpha value is -4.29. The molecule has 1 heterocycles. The molecule has 5 N–H and O–H groups in total. The van der Waals surface area contributed by atoms with Crippen LogP contribution in [0, 0.1) is 17.8 Å². The van der Waals surface area contributed by atoms with Gasteiger partial charge in [0, 0.05) is 19.0 Å². The first-order valence-corrected chi connectivity index (χ1v) is 19.4. The Morgan fingerprint density at radius 1 is 1.00 bits per heavy atom.